The fraction of sp³-hybridized carbons (Fsp3) is 0.318. The zero-order chi connectivity index (χ0) is 20.4. The second-order valence-electron chi connectivity index (χ2n) is 7.24. The van der Waals surface area contributed by atoms with E-state index in [9.17, 15) is 9.90 Å². The van der Waals surface area contributed by atoms with Gasteiger partial charge in [0.05, 0.1) is 17.7 Å². The number of ketones is 1. The van der Waals surface area contributed by atoms with Gasteiger partial charge in [-0.05, 0) is 29.8 Å². The molecule has 1 fully saturated rings. The van der Waals surface area contributed by atoms with E-state index in [4.69, 9.17) is 9.84 Å². The number of aliphatic hydroxyl groups is 1. The average Bonchev–Trinajstić information content (AvgIpc) is 3.03. The van der Waals surface area contributed by atoms with Crippen molar-refractivity contribution < 1.29 is 19.7 Å². The molecule has 0 atom stereocenters. The van der Waals surface area contributed by atoms with Crippen molar-refractivity contribution in [2.45, 2.75) is 6.54 Å². The third-order valence-electron chi connectivity index (χ3n) is 5.37. The monoisotopic (exact) mass is 458 g/mol. The molecule has 0 bridgehead atoms. The Morgan fingerprint density at radius 3 is 2.52 bits per heavy atom. The molecule has 0 aliphatic carbocycles. The number of β-amino-alcohol motifs (C(OH)–C–C–N with tert-alkyl or cyclic N) is 1. The maximum atomic E-state index is 12.8. The van der Waals surface area contributed by atoms with Gasteiger partial charge in [-0.1, -0.05) is 34.1 Å². The van der Waals surface area contributed by atoms with E-state index in [-0.39, 0.29) is 23.9 Å². The molecule has 2 aromatic rings. The highest BCUT2D eigenvalue weighted by atomic mass is 79.9. The molecule has 0 spiro atoms. The molecule has 0 amide bonds. The van der Waals surface area contributed by atoms with Crippen molar-refractivity contribution in [3.8, 4) is 11.5 Å². The van der Waals surface area contributed by atoms with Crippen molar-refractivity contribution in [3.05, 3.63) is 63.3 Å². The summed E-state index contributed by atoms with van der Waals surface area (Å²) in [5.41, 5.74) is 1.98. The molecule has 0 radical (unpaired) electrons. The SMILES string of the molecule is O=C1C(=Cc2ccccc2Br)Oc2c1ccc(O)c2CN1CCN(CCO)CC1. The third kappa shape index (κ3) is 4.23. The number of hydrogen-bond donors (Lipinski definition) is 2. The number of phenolic OH excluding ortho intramolecular Hbond substituents is 1. The maximum absolute atomic E-state index is 12.8. The normalized spacial score (nSPS) is 18.8. The lowest BCUT2D eigenvalue weighted by molar-refractivity contribution is 0.101. The van der Waals surface area contributed by atoms with Crippen molar-refractivity contribution in [2.24, 2.45) is 0 Å². The fourth-order valence-electron chi connectivity index (χ4n) is 3.72. The number of halogens is 1. The number of ether oxygens (including phenoxy) is 1. The van der Waals surface area contributed by atoms with Crippen LogP contribution in [0.15, 0.2) is 46.6 Å². The Kier molecular flexibility index (Phi) is 6.01. The summed E-state index contributed by atoms with van der Waals surface area (Å²) in [6.07, 6.45) is 1.72. The Hall–Kier alpha value is -2.19. The summed E-state index contributed by atoms with van der Waals surface area (Å²) in [5.74, 6) is 0.666. The van der Waals surface area contributed by atoms with E-state index in [1.807, 2.05) is 24.3 Å². The molecule has 29 heavy (non-hydrogen) atoms. The van der Waals surface area contributed by atoms with Gasteiger partial charge in [0.25, 0.3) is 0 Å². The minimum atomic E-state index is -0.176. The van der Waals surface area contributed by atoms with Crippen LogP contribution in [0.2, 0.25) is 0 Å². The molecule has 2 N–H and O–H groups in total. The van der Waals surface area contributed by atoms with Crippen LogP contribution in [0.4, 0.5) is 0 Å². The minimum Gasteiger partial charge on any atom is -0.507 e. The average molecular weight is 459 g/mol. The quantitative estimate of drug-likeness (QED) is 0.671. The zero-order valence-corrected chi connectivity index (χ0v) is 17.6. The van der Waals surface area contributed by atoms with Crippen LogP contribution in [0, 0.1) is 0 Å². The number of nitrogens with zero attached hydrogens (tertiary/aromatic N) is 2. The number of benzene rings is 2. The van der Waals surface area contributed by atoms with Crippen LogP contribution in [-0.4, -0.2) is 65.1 Å². The number of rotatable bonds is 5. The first kappa shape index (κ1) is 20.1. The van der Waals surface area contributed by atoms with Gasteiger partial charge in [-0.15, -0.1) is 0 Å². The summed E-state index contributed by atoms with van der Waals surface area (Å²) in [4.78, 5) is 17.3. The molecule has 2 aliphatic heterocycles. The largest absolute Gasteiger partial charge is 0.507 e. The van der Waals surface area contributed by atoms with Gasteiger partial charge >= 0.3 is 0 Å². The van der Waals surface area contributed by atoms with Crippen LogP contribution < -0.4 is 4.74 Å². The van der Waals surface area contributed by atoms with Gasteiger partial charge in [0.1, 0.15) is 11.5 Å². The Morgan fingerprint density at radius 2 is 1.79 bits per heavy atom. The van der Waals surface area contributed by atoms with E-state index < -0.39 is 0 Å². The number of hydrogen-bond acceptors (Lipinski definition) is 6. The molecule has 0 saturated carbocycles. The number of aromatic hydroxyl groups is 1. The second kappa shape index (κ2) is 8.67. The predicted molar refractivity (Wildman–Crippen MR) is 114 cm³/mol. The number of phenols is 1. The van der Waals surface area contributed by atoms with Crippen molar-refractivity contribution in [2.75, 3.05) is 39.3 Å². The van der Waals surface area contributed by atoms with Crippen LogP contribution in [-0.2, 0) is 6.54 Å². The van der Waals surface area contributed by atoms with Crippen LogP contribution in [0.1, 0.15) is 21.5 Å². The summed E-state index contributed by atoms with van der Waals surface area (Å²) in [7, 11) is 0. The van der Waals surface area contributed by atoms with Crippen LogP contribution >= 0.6 is 15.9 Å². The summed E-state index contributed by atoms with van der Waals surface area (Å²) in [6.45, 7) is 4.74. The smallest absolute Gasteiger partial charge is 0.231 e. The van der Waals surface area contributed by atoms with Crippen molar-refractivity contribution in [3.63, 3.8) is 0 Å². The molecule has 7 heteroatoms. The van der Waals surface area contributed by atoms with Crippen molar-refractivity contribution in [1.82, 2.24) is 9.80 Å². The zero-order valence-electron chi connectivity index (χ0n) is 16.0. The maximum Gasteiger partial charge on any atom is 0.231 e. The number of aliphatic hydroxyl groups excluding tert-OH is 1. The van der Waals surface area contributed by atoms with E-state index in [0.717, 1.165) is 36.2 Å². The lowest BCUT2D eigenvalue weighted by atomic mass is 10.0. The number of carbonyl (C=O) groups excluding carboxylic acids is 1. The standard InChI is InChI=1S/C22H23BrN2O4/c23-18-4-2-1-3-15(18)13-20-21(28)16-5-6-19(27)17(22(16)29-20)14-25-9-7-24(8-10-25)11-12-26/h1-6,13,26-27H,7-12,14H2. The molecule has 6 nitrogen and oxygen atoms in total. The van der Waals surface area contributed by atoms with E-state index in [2.05, 4.69) is 25.7 Å². The van der Waals surface area contributed by atoms with Gasteiger partial charge in [0.15, 0.2) is 5.76 Å². The Labute approximate surface area is 178 Å². The van der Waals surface area contributed by atoms with Gasteiger partial charge in [-0.2, -0.15) is 0 Å². The van der Waals surface area contributed by atoms with E-state index in [1.165, 1.54) is 0 Å². The summed E-state index contributed by atoms with van der Waals surface area (Å²) < 4.78 is 6.83. The number of fused-ring (bicyclic) bond motifs is 1. The molecule has 2 aromatic carbocycles. The van der Waals surface area contributed by atoms with Gasteiger partial charge in [-0.25, -0.2) is 0 Å². The third-order valence-corrected chi connectivity index (χ3v) is 6.09. The molecule has 1 saturated heterocycles. The highest BCUT2D eigenvalue weighted by Gasteiger charge is 2.32. The predicted octanol–water partition coefficient (Wildman–Crippen LogP) is 2.88. The Bertz CT molecular complexity index is 952. The number of allylic oxidation sites excluding steroid dienone is 1. The second-order valence-corrected chi connectivity index (χ2v) is 8.10. The summed E-state index contributed by atoms with van der Waals surface area (Å²) in [5, 5.41) is 19.5. The topological polar surface area (TPSA) is 73.2 Å². The molecular weight excluding hydrogens is 436 g/mol. The van der Waals surface area contributed by atoms with Crippen LogP contribution in [0.5, 0.6) is 11.5 Å². The first-order chi connectivity index (χ1) is 14.1. The Balaban J connectivity index is 1.56. The van der Waals surface area contributed by atoms with E-state index in [1.54, 1.807) is 18.2 Å². The van der Waals surface area contributed by atoms with Gasteiger partial charge in [0, 0.05) is 43.7 Å². The molecule has 152 valence electrons. The lowest BCUT2D eigenvalue weighted by Gasteiger charge is -2.34. The highest BCUT2D eigenvalue weighted by molar-refractivity contribution is 9.10. The highest BCUT2D eigenvalue weighted by Crippen LogP contribution is 2.40. The molecule has 0 aromatic heterocycles. The summed E-state index contributed by atoms with van der Waals surface area (Å²) >= 11 is 3.49. The fourth-order valence-corrected chi connectivity index (χ4v) is 4.12. The molecule has 0 unspecified atom stereocenters. The number of piperazine rings is 1. The number of Topliss-reactive ketones (excluding diaryl/α,β-unsaturated/α-hetero) is 1. The molecule has 4 rings (SSSR count). The van der Waals surface area contributed by atoms with Gasteiger partial charge in [0.2, 0.25) is 5.78 Å². The van der Waals surface area contributed by atoms with E-state index >= 15 is 0 Å². The number of carbonyl (C=O) groups is 1. The Morgan fingerprint density at radius 1 is 1.07 bits per heavy atom. The molecule has 2 heterocycles. The molecule has 2 aliphatic rings. The van der Waals surface area contributed by atoms with Crippen LogP contribution in [0.25, 0.3) is 6.08 Å². The summed E-state index contributed by atoms with van der Waals surface area (Å²) in [6, 6.07) is 10.8. The van der Waals surface area contributed by atoms with Gasteiger partial charge in [-0.3, -0.25) is 14.6 Å². The lowest BCUT2D eigenvalue weighted by Crippen LogP contribution is -2.46. The van der Waals surface area contributed by atoms with Crippen molar-refractivity contribution >= 4 is 27.8 Å². The van der Waals surface area contributed by atoms with Crippen molar-refractivity contribution in [1.29, 1.82) is 0 Å². The minimum absolute atomic E-state index is 0.136. The first-order valence-corrected chi connectivity index (χ1v) is 10.5. The molecular formula is C22H23BrN2O4. The van der Waals surface area contributed by atoms with Gasteiger partial charge < -0.3 is 14.9 Å². The van der Waals surface area contributed by atoms with E-state index in [0.29, 0.717) is 30.0 Å². The van der Waals surface area contributed by atoms with Crippen LogP contribution in [0.3, 0.4) is 0 Å². The first-order valence-electron chi connectivity index (χ1n) is 9.66.